The van der Waals surface area contributed by atoms with Crippen LogP contribution in [0.3, 0.4) is 0 Å². The number of hydrogen-bond acceptors (Lipinski definition) is 9. The van der Waals surface area contributed by atoms with E-state index in [9.17, 15) is 4.79 Å². The molecule has 10 heteroatoms. The Morgan fingerprint density at radius 1 is 0.938 bits per heavy atom. The van der Waals surface area contributed by atoms with Gasteiger partial charge in [0.1, 0.15) is 12.1 Å². The van der Waals surface area contributed by atoms with E-state index in [-0.39, 0.29) is 24.7 Å². The Kier molecular flexibility index (Phi) is 5.65. The lowest BCUT2D eigenvalue weighted by Gasteiger charge is -2.26. The van der Waals surface area contributed by atoms with E-state index < -0.39 is 0 Å². The molecule has 1 aliphatic heterocycles. The van der Waals surface area contributed by atoms with E-state index in [0.29, 0.717) is 10.9 Å². The SMILES string of the molecule is O=c1c2cc(-c3cnc(N4CCCCC4)nc3)ccc2nnn1CCOc1ncccn1. The van der Waals surface area contributed by atoms with Crippen LogP contribution in [0.25, 0.3) is 22.0 Å². The monoisotopic (exact) mass is 430 g/mol. The smallest absolute Gasteiger partial charge is 0.316 e. The molecule has 0 unspecified atom stereocenters. The van der Waals surface area contributed by atoms with Crippen molar-refractivity contribution in [3.8, 4) is 17.1 Å². The molecule has 4 aromatic rings. The van der Waals surface area contributed by atoms with Crippen LogP contribution in [-0.4, -0.2) is 54.6 Å². The normalized spacial score (nSPS) is 13.9. The maximum absolute atomic E-state index is 13.0. The molecule has 0 spiro atoms. The molecular weight excluding hydrogens is 408 g/mol. The summed E-state index contributed by atoms with van der Waals surface area (Å²) in [4.78, 5) is 32.2. The predicted molar refractivity (Wildman–Crippen MR) is 118 cm³/mol. The zero-order valence-corrected chi connectivity index (χ0v) is 17.5. The van der Waals surface area contributed by atoms with E-state index in [1.807, 2.05) is 12.1 Å². The fourth-order valence-electron chi connectivity index (χ4n) is 3.71. The minimum absolute atomic E-state index is 0.204. The zero-order chi connectivity index (χ0) is 21.8. The molecule has 4 heterocycles. The van der Waals surface area contributed by atoms with E-state index in [1.54, 1.807) is 36.9 Å². The number of fused-ring (bicyclic) bond motifs is 1. The Balaban J connectivity index is 1.35. The third kappa shape index (κ3) is 4.25. The van der Waals surface area contributed by atoms with Gasteiger partial charge in [0.2, 0.25) is 5.95 Å². The molecule has 0 saturated carbocycles. The maximum Gasteiger partial charge on any atom is 0.316 e. The Bertz CT molecular complexity index is 1250. The van der Waals surface area contributed by atoms with Crippen molar-refractivity contribution in [3.63, 3.8) is 0 Å². The lowest BCUT2D eigenvalue weighted by atomic mass is 10.1. The Morgan fingerprint density at radius 2 is 1.72 bits per heavy atom. The highest BCUT2D eigenvalue weighted by Gasteiger charge is 2.14. The van der Waals surface area contributed by atoms with E-state index >= 15 is 0 Å². The van der Waals surface area contributed by atoms with Gasteiger partial charge < -0.3 is 9.64 Å². The summed E-state index contributed by atoms with van der Waals surface area (Å²) in [5, 5.41) is 8.65. The molecule has 0 N–H and O–H groups in total. The molecule has 0 amide bonds. The first kappa shape index (κ1) is 20.0. The number of rotatable bonds is 6. The Morgan fingerprint density at radius 3 is 2.50 bits per heavy atom. The molecule has 3 aromatic heterocycles. The standard InChI is InChI=1S/C22H22N8O2/c31-20-18-13-16(17-14-25-21(26-15-17)29-9-2-1-3-10-29)5-6-19(18)27-28-30(20)11-12-32-22-23-7-4-8-24-22/h4-8,13-15H,1-3,9-12H2. The van der Waals surface area contributed by atoms with Gasteiger partial charge in [0, 0.05) is 43.4 Å². The molecule has 10 nitrogen and oxygen atoms in total. The Labute approximate surface area is 183 Å². The van der Waals surface area contributed by atoms with Crippen molar-refractivity contribution in [2.75, 3.05) is 24.6 Å². The van der Waals surface area contributed by atoms with Gasteiger partial charge in [0.05, 0.1) is 11.9 Å². The first-order chi connectivity index (χ1) is 15.8. The van der Waals surface area contributed by atoms with Gasteiger partial charge in [-0.05, 0) is 43.0 Å². The largest absolute Gasteiger partial charge is 0.461 e. The average molecular weight is 430 g/mol. The number of piperidine rings is 1. The minimum atomic E-state index is -0.236. The van der Waals surface area contributed by atoms with Gasteiger partial charge >= 0.3 is 6.01 Å². The topological polar surface area (TPSA) is 112 Å². The molecule has 162 valence electrons. The number of benzene rings is 1. The summed E-state index contributed by atoms with van der Waals surface area (Å²) in [6.45, 7) is 2.43. The molecule has 0 atom stereocenters. The molecule has 32 heavy (non-hydrogen) atoms. The fourth-order valence-corrected chi connectivity index (χ4v) is 3.71. The van der Waals surface area contributed by atoms with Crippen LogP contribution in [0.4, 0.5) is 5.95 Å². The molecule has 1 fully saturated rings. The van der Waals surface area contributed by atoms with E-state index in [4.69, 9.17) is 4.74 Å². The minimum Gasteiger partial charge on any atom is -0.461 e. The van der Waals surface area contributed by atoms with Crippen molar-refractivity contribution in [1.29, 1.82) is 0 Å². The summed E-state index contributed by atoms with van der Waals surface area (Å²) in [6, 6.07) is 7.45. The van der Waals surface area contributed by atoms with Crippen molar-refractivity contribution >= 4 is 16.9 Å². The van der Waals surface area contributed by atoms with Crippen LogP contribution >= 0.6 is 0 Å². The lowest BCUT2D eigenvalue weighted by molar-refractivity contribution is 0.265. The third-order valence-electron chi connectivity index (χ3n) is 5.41. The molecule has 1 aliphatic rings. The zero-order valence-electron chi connectivity index (χ0n) is 17.5. The first-order valence-corrected chi connectivity index (χ1v) is 10.6. The summed E-state index contributed by atoms with van der Waals surface area (Å²) >= 11 is 0. The van der Waals surface area contributed by atoms with Gasteiger partial charge in [-0.1, -0.05) is 11.3 Å². The third-order valence-corrected chi connectivity index (χ3v) is 5.41. The van der Waals surface area contributed by atoms with Gasteiger partial charge in [0.15, 0.2) is 0 Å². The average Bonchev–Trinajstić information content (AvgIpc) is 2.87. The summed E-state index contributed by atoms with van der Waals surface area (Å²) in [5.41, 5.74) is 2.00. The van der Waals surface area contributed by atoms with Crippen LogP contribution in [0, 0.1) is 0 Å². The Hall–Kier alpha value is -3.95. The first-order valence-electron chi connectivity index (χ1n) is 10.6. The molecule has 0 bridgehead atoms. The summed E-state index contributed by atoms with van der Waals surface area (Å²) in [7, 11) is 0. The van der Waals surface area contributed by atoms with Crippen LogP contribution < -0.4 is 15.2 Å². The number of hydrogen-bond donors (Lipinski definition) is 0. The molecule has 0 aliphatic carbocycles. The van der Waals surface area contributed by atoms with Gasteiger partial charge in [-0.2, -0.15) is 0 Å². The van der Waals surface area contributed by atoms with Crippen molar-refractivity contribution in [2.45, 2.75) is 25.8 Å². The molecular formula is C22H22N8O2. The molecule has 0 radical (unpaired) electrons. The number of anilines is 1. The van der Waals surface area contributed by atoms with Crippen LogP contribution in [-0.2, 0) is 6.54 Å². The highest BCUT2D eigenvalue weighted by Crippen LogP contribution is 2.22. The molecule has 1 aromatic carbocycles. The number of nitrogens with zero attached hydrogens (tertiary/aromatic N) is 8. The highest BCUT2D eigenvalue weighted by molar-refractivity contribution is 5.83. The van der Waals surface area contributed by atoms with Crippen LogP contribution in [0.15, 0.2) is 53.8 Å². The summed E-state index contributed by atoms with van der Waals surface area (Å²) < 4.78 is 6.74. The van der Waals surface area contributed by atoms with Crippen LogP contribution in [0.2, 0.25) is 0 Å². The van der Waals surface area contributed by atoms with Gasteiger partial charge in [0.25, 0.3) is 5.56 Å². The van der Waals surface area contributed by atoms with Gasteiger partial charge in [-0.25, -0.2) is 24.6 Å². The summed E-state index contributed by atoms with van der Waals surface area (Å²) in [6.07, 6.45) is 10.4. The van der Waals surface area contributed by atoms with E-state index in [1.165, 1.54) is 23.9 Å². The second-order valence-corrected chi connectivity index (χ2v) is 7.55. The van der Waals surface area contributed by atoms with Crippen molar-refractivity contribution in [2.24, 2.45) is 0 Å². The van der Waals surface area contributed by atoms with Crippen LogP contribution in [0.1, 0.15) is 19.3 Å². The van der Waals surface area contributed by atoms with Crippen molar-refractivity contribution in [3.05, 3.63) is 59.4 Å². The number of aromatic nitrogens is 7. The molecule has 5 rings (SSSR count). The van der Waals surface area contributed by atoms with Crippen LogP contribution in [0.5, 0.6) is 6.01 Å². The summed E-state index contributed by atoms with van der Waals surface area (Å²) in [5.74, 6) is 0.754. The second-order valence-electron chi connectivity index (χ2n) is 7.55. The van der Waals surface area contributed by atoms with Gasteiger partial charge in [-0.15, -0.1) is 5.10 Å². The van der Waals surface area contributed by atoms with Crippen molar-refractivity contribution in [1.82, 2.24) is 34.9 Å². The number of ether oxygens (including phenoxy) is 1. The van der Waals surface area contributed by atoms with E-state index in [0.717, 1.165) is 30.2 Å². The maximum atomic E-state index is 13.0. The molecule has 1 saturated heterocycles. The fraction of sp³-hybridized carbons (Fsp3) is 0.318. The second kappa shape index (κ2) is 9.04. The quantitative estimate of drug-likeness (QED) is 0.454. The predicted octanol–water partition coefficient (Wildman–Crippen LogP) is 2.11. The van der Waals surface area contributed by atoms with Gasteiger partial charge in [-0.3, -0.25) is 4.79 Å². The van der Waals surface area contributed by atoms with Crippen molar-refractivity contribution < 1.29 is 4.74 Å². The lowest BCUT2D eigenvalue weighted by Crippen LogP contribution is -2.30. The highest BCUT2D eigenvalue weighted by atomic mass is 16.5. The van der Waals surface area contributed by atoms with E-state index in [2.05, 4.69) is 35.1 Å².